The Labute approximate surface area is 163 Å². The maximum atomic E-state index is 13.4. The summed E-state index contributed by atoms with van der Waals surface area (Å²) in [7, 11) is -3.98. The first-order valence-corrected chi connectivity index (χ1v) is 10.8. The van der Waals surface area contributed by atoms with Gasteiger partial charge in [-0.2, -0.15) is 0 Å². The van der Waals surface area contributed by atoms with Crippen LogP contribution in [0.25, 0.3) is 0 Å². The molecule has 4 rings (SSSR count). The molecule has 0 aromatic heterocycles. The first kappa shape index (κ1) is 18.7. The van der Waals surface area contributed by atoms with E-state index in [1.807, 2.05) is 4.90 Å². The third-order valence-corrected chi connectivity index (χ3v) is 6.54. The van der Waals surface area contributed by atoms with Crippen LogP contribution in [-0.4, -0.2) is 38.4 Å². The molecule has 8 heteroatoms. The van der Waals surface area contributed by atoms with Crippen LogP contribution in [-0.2, 0) is 10.0 Å². The molecule has 28 heavy (non-hydrogen) atoms. The molecule has 148 valence electrons. The van der Waals surface area contributed by atoms with Gasteiger partial charge in [0, 0.05) is 24.7 Å². The number of piperidine rings is 1. The molecular formula is C20H21FN2O4S. The van der Waals surface area contributed by atoms with Crippen molar-refractivity contribution in [2.45, 2.75) is 36.6 Å². The lowest BCUT2D eigenvalue weighted by Gasteiger charge is -2.37. The van der Waals surface area contributed by atoms with Crippen molar-refractivity contribution in [2.75, 3.05) is 17.9 Å². The maximum Gasteiger partial charge on any atom is 0.261 e. The second-order valence-electron chi connectivity index (χ2n) is 7.06. The number of ether oxygens (including phenoxy) is 1. The van der Waals surface area contributed by atoms with Gasteiger partial charge in [-0.25, -0.2) is 12.8 Å². The van der Waals surface area contributed by atoms with E-state index in [9.17, 15) is 17.6 Å². The van der Waals surface area contributed by atoms with E-state index in [0.717, 1.165) is 31.7 Å². The normalized spacial score (nSPS) is 19.7. The summed E-state index contributed by atoms with van der Waals surface area (Å²) >= 11 is 0. The van der Waals surface area contributed by atoms with Gasteiger partial charge in [-0.1, -0.05) is 6.07 Å². The summed E-state index contributed by atoms with van der Waals surface area (Å²) in [6, 6.07) is 9.55. The first-order chi connectivity index (χ1) is 13.4. The maximum absolute atomic E-state index is 13.4. The van der Waals surface area contributed by atoms with Gasteiger partial charge in [0.2, 0.25) is 0 Å². The Morgan fingerprint density at radius 2 is 1.96 bits per heavy atom. The number of hydrogen-bond donors (Lipinski definition) is 1. The zero-order valence-electron chi connectivity index (χ0n) is 15.2. The SMILES string of the molecule is O=C1c2cc(NS(=O)(=O)c3cccc(F)c3)ccc2OCCC2CCCCN12. The number of nitrogens with zero attached hydrogens (tertiary/aromatic N) is 1. The second-order valence-corrected chi connectivity index (χ2v) is 8.74. The van der Waals surface area contributed by atoms with Gasteiger partial charge in [-0.15, -0.1) is 0 Å². The number of rotatable bonds is 3. The van der Waals surface area contributed by atoms with Crippen molar-refractivity contribution >= 4 is 21.6 Å². The van der Waals surface area contributed by atoms with Crippen molar-refractivity contribution in [3.05, 3.63) is 53.8 Å². The summed E-state index contributed by atoms with van der Waals surface area (Å²) in [5.74, 6) is -0.338. The van der Waals surface area contributed by atoms with E-state index in [4.69, 9.17) is 4.74 Å². The molecule has 2 heterocycles. The Balaban J connectivity index is 1.65. The molecule has 1 fully saturated rings. The predicted octanol–water partition coefficient (Wildman–Crippen LogP) is 3.40. The van der Waals surface area contributed by atoms with Gasteiger partial charge in [0.05, 0.1) is 17.1 Å². The number of halogens is 1. The van der Waals surface area contributed by atoms with Crippen LogP contribution in [0.4, 0.5) is 10.1 Å². The van der Waals surface area contributed by atoms with E-state index < -0.39 is 15.8 Å². The fourth-order valence-corrected chi connectivity index (χ4v) is 4.84. The van der Waals surface area contributed by atoms with Crippen molar-refractivity contribution in [1.29, 1.82) is 0 Å². The molecule has 1 saturated heterocycles. The number of fused-ring (bicyclic) bond motifs is 2. The quantitative estimate of drug-likeness (QED) is 0.851. The van der Waals surface area contributed by atoms with Crippen LogP contribution < -0.4 is 9.46 Å². The number of anilines is 1. The van der Waals surface area contributed by atoms with Gasteiger partial charge in [0.25, 0.3) is 15.9 Å². The van der Waals surface area contributed by atoms with Crippen molar-refractivity contribution < 1.29 is 22.3 Å². The summed E-state index contributed by atoms with van der Waals surface area (Å²) < 4.78 is 46.7. The molecule has 0 aliphatic carbocycles. The molecule has 2 aliphatic heterocycles. The number of hydrogen-bond acceptors (Lipinski definition) is 4. The Morgan fingerprint density at radius 3 is 2.79 bits per heavy atom. The molecular weight excluding hydrogens is 383 g/mol. The fraction of sp³-hybridized carbons (Fsp3) is 0.350. The van der Waals surface area contributed by atoms with Gasteiger partial charge in [0.15, 0.2) is 0 Å². The second kappa shape index (κ2) is 7.43. The molecule has 2 aromatic carbocycles. The zero-order valence-corrected chi connectivity index (χ0v) is 16.0. The van der Waals surface area contributed by atoms with Crippen molar-refractivity contribution in [3.8, 4) is 5.75 Å². The monoisotopic (exact) mass is 404 g/mol. The Hall–Kier alpha value is -2.61. The highest BCUT2D eigenvalue weighted by Gasteiger charge is 2.31. The predicted molar refractivity (Wildman–Crippen MR) is 102 cm³/mol. The molecule has 2 aliphatic rings. The number of nitrogens with one attached hydrogen (secondary N) is 1. The molecule has 2 aromatic rings. The lowest BCUT2D eigenvalue weighted by atomic mass is 9.97. The summed E-state index contributed by atoms with van der Waals surface area (Å²) in [6.07, 6.45) is 3.80. The third-order valence-electron chi connectivity index (χ3n) is 5.17. The minimum atomic E-state index is -3.98. The summed E-state index contributed by atoms with van der Waals surface area (Å²) in [4.78, 5) is 14.8. The van der Waals surface area contributed by atoms with Crippen molar-refractivity contribution in [1.82, 2.24) is 4.90 Å². The molecule has 1 amide bonds. The summed E-state index contributed by atoms with van der Waals surface area (Å²) in [5, 5.41) is 0. The van der Waals surface area contributed by atoms with Crippen molar-refractivity contribution in [3.63, 3.8) is 0 Å². The molecule has 0 spiro atoms. The van der Waals surface area contributed by atoms with E-state index in [1.165, 1.54) is 30.3 Å². The fourth-order valence-electron chi connectivity index (χ4n) is 3.76. The first-order valence-electron chi connectivity index (χ1n) is 9.30. The van der Waals surface area contributed by atoms with E-state index in [-0.39, 0.29) is 22.5 Å². The average Bonchev–Trinajstić information content (AvgIpc) is 2.67. The van der Waals surface area contributed by atoms with Crippen LogP contribution in [0.2, 0.25) is 0 Å². The van der Waals surface area contributed by atoms with Crippen LogP contribution in [0.5, 0.6) is 5.75 Å². The van der Waals surface area contributed by atoms with Crippen molar-refractivity contribution in [2.24, 2.45) is 0 Å². The lowest BCUT2D eigenvalue weighted by molar-refractivity contribution is 0.0548. The Bertz CT molecular complexity index is 1010. The molecule has 0 radical (unpaired) electrons. The van der Waals surface area contributed by atoms with Gasteiger partial charge in [-0.3, -0.25) is 9.52 Å². The average molecular weight is 404 g/mol. The van der Waals surface area contributed by atoms with E-state index in [2.05, 4.69) is 4.72 Å². The smallest absolute Gasteiger partial charge is 0.261 e. The van der Waals surface area contributed by atoms with E-state index in [0.29, 0.717) is 24.5 Å². The number of carbonyl (C=O) groups excluding carboxylic acids is 1. The minimum absolute atomic E-state index is 0.147. The number of amides is 1. The highest BCUT2D eigenvalue weighted by Crippen LogP contribution is 2.31. The summed E-state index contributed by atoms with van der Waals surface area (Å²) in [5.41, 5.74) is 0.570. The lowest BCUT2D eigenvalue weighted by Crippen LogP contribution is -2.45. The third kappa shape index (κ3) is 3.69. The van der Waals surface area contributed by atoms with Gasteiger partial charge >= 0.3 is 0 Å². The van der Waals surface area contributed by atoms with Crippen LogP contribution in [0.15, 0.2) is 47.4 Å². The van der Waals surface area contributed by atoms with Crippen LogP contribution in [0, 0.1) is 5.82 Å². The standard InChI is InChI=1S/C20H21FN2O4S/c21-14-4-3-6-17(12-14)28(25,26)22-15-7-8-19-18(13-15)20(24)23-10-2-1-5-16(23)9-11-27-19/h3-4,6-8,12-13,16,22H,1-2,5,9-11H2. The van der Waals surface area contributed by atoms with Crippen LogP contribution >= 0.6 is 0 Å². The van der Waals surface area contributed by atoms with Crippen LogP contribution in [0.3, 0.4) is 0 Å². The molecule has 1 unspecified atom stereocenters. The van der Waals surface area contributed by atoms with E-state index >= 15 is 0 Å². The number of benzene rings is 2. The highest BCUT2D eigenvalue weighted by molar-refractivity contribution is 7.92. The molecule has 1 atom stereocenters. The minimum Gasteiger partial charge on any atom is -0.493 e. The van der Waals surface area contributed by atoms with Crippen LogP contribution in [0.1, 0.15) is 36.0 Å². The van der Waals surface area contributed by atoms with Gasteiger partial charge in [0.1, 0.15) is 11.6 Å². The van der Waals surface area contributed by atoms with E-state index in [1.54, 1.807) is 6.07 Å². The van der Waals surface area contributed by atoms with Gasteiger partial charge < -0.3 is 9.64 Å². The molecule has 0 saturated carbocycles. The zero-order chi connectivity index (χ0) is 19.7. The number of carbonyl (C=O) groups is 1. The molecule has 1 N–H and O–H groups in total. The largest absolute Gasteiger partial charge is 0.493 e. The Morgan fingerprint density at radius 1 is 1.11 bits per heavy atom. The van der Waals surface area contributed by atoms with Gasteiger partial charge in [-0.05, 0) is 55.7 Å². The summed E-state index contributed by atoms with van der Waals surface area (Å²) in [6.45, 7) is 1.21. The topological polar surface area (TPSA) is 75.7 Å². The number of sulfonamides is 1. The molecule has 6 nitrogen and oxygen atoms in total. The highest BCUT2D eigenvalue weighted by atomic mass is 32.2. The Kier molecular flexibility index (Phi) is 4.97. The molecule has 0 bridgehead atoms.